The molecule has 3 heteroatoms. The van der Waals surface area contributed by atoms with Crippen LogP contribution in [0.3, 0.4) is 0 Å². The lowest BCUT2D eigenvalue weighted by Crippen LogP contribution is -2.18. The molecular weight excluding hydrogens is 292 g/mol. The maximum Gasteiger partial charge on any atom is 0.303 e. The van der Waals surface area contributed by atoms with Gasteiger partial charge < -0.3 is 4.74 Å². The molecule has 0 heterocycles. The molecule has 1 aromatic rings. The number of halogens is 1. The van der Waals surface area contributed by atoms with Crippen LogP contribution in [0.1, 0.15) is 24.2 Å². The smallest absolute Gasteiger partial charge is 0.303 e. The van der Waals surface area contributed by atoms with E-state index in [9.17, 15) is 4.79 Å². The van der Waals surface area contributed by atoms with Crippen molar-refractivity contribution in [1.82, 2.24) is 0 Å². The van der Waals surface area contributed by atoms with Gasteiger partial charge >= 0.3 is 5.97 Å². The van der Waals surface area contributed by atoms with Gasteiger partial charge in [-0.2, -0.15) is 0 Å². The van der Waals surface area contributed by atoms with Gasteiger partial charge in [0.25, 0.3) is 0 Å². The summed E-state index contributed by atoms with van der Waals surface area (Å²) in [7, 11) is 0. The monoisotopic (exact) mass is 305 g/mol. The lowest BCUT2D eigenvalue weighted by Gasteiger charge is -2.26. The van der Waals surface area contributed by atoms with E-state index in [2.05, 4.69) is 15.9 Å². The van der Waals surface area contributed by atoms with Crippen LogP contribution in [0.2, 0.25) is 0 Å². The summed E-state index contributed by atoms with van der Waals surface area (Å²) in [5, 5.41) is 0. The first-order valence-corrected chi connectivity index (χ1v) is 6.52. The number of carbonyl (C=O) groups is 1. The van der Waals surface area contributed by atoms with Gasteiger partial charge in [0.15, 0.2) is 0 Å². The van der Waals surface area contributed by atoms with Gasteiger partial charge in [0.1, 0.15) is 6.10 Å². The Kier molecular flexibility index (Phi) is 4.44. The fourth-order valence-electron chi connectivity index (χ4n) is 1.97. The third-order valence-electron chi connectivity index (χ3n) is 2.83. The fraction of sp³-hybridized carbons (Fsp3) is 0.200. The van der Waals surface area contributed by atoms with E-state index < -0.39 is 0 Å². The zero-order valence-corrected chi connectivity index (χ0v) is 11.9. The molecule has 0 bridgehead atoms. The number of esters is 1. The number of hydrogen-bond acceptors (Lipinski definition) is 2. The molecule has 1 aliphatic rings. The van der Waals surface area contributed by atoms with Crippen molar-refractivity contribution in [2.24, 2.45) is 0 Å². The first-order valence-electron chi connectivity index (χ1n) is 5.73. The van der Waals surface area contributed by atoms with Gasteiger partial charge in [-0.25, -0.2) is 0 Å². The molecule has 0 aliphatic heterocycles. The normalized spacial score (nSPS) is 18.8. The van der Waals surface area contributed by atoms with E-state index in [0.29, 0.717) is 0 Å². The van der Waals surface area contributed by atoms with Gasteiger partial charge in [-0.1, -0.05) is 40.2 Å². The predicted molar refractivity (Wildman–Crippen MR) is 74.0 cm³/mol. The average Bonchev–Trinajstić information content (AvgIpc) is 2.73. The van der Waals surface area contributed by atoms with Crippen molar-refractivity contribution in [3.05, 3.63) is 65.4 Å². The molecule has 2 rings (SSSR count). The van der Waals surface area contributed by atoms with Crippen LogP contribution in [-0.2, 0) is 9.53 Å². The Hall–Kier alpha value is -0.830. The Morgan fingerprint density at radius 1 is 1.28 bits per heavy atom. The first kappa shape index (κ1) is 13.6. The molecule has 0 unspecified atom stereocenters. The molecule has 0 spiro atoms. The molecule has 0 saturated heterocycles. The number of ether oxygens (including phenoxy) is 1. The van der Waals surface area contributed by atoms with Gasteiger partial charge in [-0.3, -0.25) is 4.79 Å². The minimum absolute atomic E-state index is 0.281. The van der Waals surface area contributed by atoms with Gasteiger partial charge in [0, 0.05) is 12.8 Å². The number of aryl methyl sites for hydroxylation is 1. The summed E-state index contributed by atoms with van der Waals surface area (Å²) in [6, 6.07) is 7.93. The van der Waals surface area contributed by atoms with Crippen LogP contribution < -0.4 is 0 Å². The van der Waals surface area contributed by atoms with Crippen molar-refractivity contribution in [3.8, 4) is 0 Å². The minimum atomic E-state index is -0.354. The summed E-state index contributed by atoms with van der Waals surface area (Å²) in [6.07, 6.45) is 5.50. The van der Waals surface area contributed by atoms with Gasteiger partial charge in [0.2, 0.25) is 0 Å². The summed E-state index contributed by atoms with van der Waals surface area (Å²) in [6.45, 7) is 3.45. The summed E-state index contributed by atoms with van der Waals surface area (Å²) < 4.78 is 5.47. The van der Waals surface area contributed by atoms with E-state index in [-0.39, 0.29) is 12.1 Å². The van der Waals surface area contributed by atoms with E-state index in [0.717, 1.165) is 21.9 Å². The van der Waals surface area contributed by atoms with Crippen molar-refractivity contribution < 1.29 is 9.53 Å². The second-order valence-corrected chi connectivity index (χ2v) is 5.03. The van der Waals surface area contributed by atoms with Crippen LogP contribution in [-0.4, -0.2) is 5.97 Å². The van der Waals surface area contributed by atoms with Gasteiger partial charge in [-0.15, -0.1) is 0 Å². The Morgan fingerprint density at radius 2 is 2.00 bits per heavy atom. The topological polar surface area (TPSA) is 26.3 Å². The second kappa shape index (κ2) is 5.87. The van der Waals surface area contributed by atoms with Crippen molar-refractivity contribution in [2.45, 2.75) is 20.0 Å². The van der Waals surface area contributed by atoms with Gasteiger partial charge in [-0.05, 0) is 37.3 Å². The third-order valence-corrected chi connectivity index (χ3v) is 3.55. The zero-order chi connectivity index (χ0) is 13.1. The molecule has 0 amide bonds. The highest BCUT2D eigenvalue weighted by atomic mass is 79.9. The standard InChI is InChI=1S/C15H14BrO2/c1-10-6-3-4-7-12(10)15(18-11(2)17)13-8-5-9-14(13)16/h3-9,15H,1-2H3/t15-/m1/s1. The van der Waals surface area contributed by atoms with Gasteiger partial charge in [0.05, 0.1) is 4.83 Å². The van der Waals surface area contributed by atoms with Crippen molar-refractivity contribution in [2.75, 3.05) is 0 Å². The number of carbonyl (C=O) groups excluding carboxylic acids is 1. The molecule has 1 aliphatic carbocycles. The maximum atomic E-state index is 11.3. The summed E-state index contributed by atoms with van der Waals surface area (Å²) in [5.74, 6) is 0.691. The molecule has 5 radical (unpaired) electrons. The van der Waals surface area contributed by atoms with E-state index in [1.54, 1.807) is 0 Å². The van der Waals surface area contributed by atoms with Crippen LogP contribution in [0.15, 0.2) is 24.3 Å². The van der Waals surface area contributed by atoms with Crippen LogP contribution in [0.5, 0.6) is 0 Å². The van der Waals surface area contributed by atoms with E-state index in [1.165, 1.54) is 6.92 Å². The van der Waals surface area contributed by atoms with Crippen molar-refractivity contribution in [1.29, 1.82) is 0 Å². The maximum absolute atomic E-state index is 11.3. The highest BCUT2D eigenvalue weighted by Gasteiger charge is 2.37. The first-order chi connectivity index (χ1) is 8.59. The predicted octanol–water partition coefficient (Wildman–Crippen LogP) is 3.73. The fourth-order valence-corrected chi connectivity index (χ4v) is 2.46. The molecule has 1 saturated carbocycles. The average molecular weight is 306 g/mol. The molecular formula is C15H14BrO2. The van der Waals surface area contributed by atoms with E-state index in [4.69, 9.17) is 4.74 Å². The highest BCUT2D eigenvalue weighted by molar-refractivity contribution is 9.11. The van der Waals surface area contributed by atoms with Crippen molar-refractivity contribution >= 4 is 21.9 Å². The van der Waals surface area contributed by atoms with E-state index >= 15 is 0 Å². The Labute approximate surface area is 117 Å². The highest BCUT2D eigenvalue weighted by Crippen LogP contribution is 2.47. The van der Waals surface area contributed by atoms with Crippen LogP contribution in [0.4, 0.5) is 0 Å². The number of rotatable bonds is 3. The SMILES string of the molecule is CC(=O)O[C@@H]([C]1[CH][CH][CH][C]1Br)c1ccccc1C. The molecule has 1 aromatic carbocycles. The summed E-state index contributed by atoms with van der Waals surface area (Å²) in [5.41, 5.74) is 2.12. The number of benzene rings is 1. The third kappa shape index (κ3) is 2.94. The lowest BCUT2D eigenvalue weighted by molar-refractivity contribution is -0.145. The molecule has 1 fully saturated rings. The largest absolute Gasteiger partial charge is 0.457 e. The Balaban J connectivity index is 2.30. The van der Waals surface area contributed by atoms with Crippen LogP contribution in [0, 0.1) is 36.9 Å². The number of hydrogen-bond donors (Lipinski definition) is 0. The zero-order valence-electron chi connectivity index (χ0n) is 10.3. The second-order valence-electron chi connectivity index (χ2n) is 4.18. The Morgan fingerprint density at radius 3 is 2.56 bits per heavy atom. The summed E-state index contributed by atoms with van der Waals surface area (Å²) in [4.78, 5) is 12.3. The molecule has 1 atom stereocenters. The molecule has 0 N–H and O–H groups in total. The summed E-state index contributed by atoms with van der Waals surface area (Å²) >= 11 is 3.49. The molecule has 18 heavy (non-hydrogen) atoms. The quantitative estimate of drug-likeness (QED) is 0.796. The van der Waals surface area contributed by atoms with Crippen LogP contribution in [0.25, 0.3) is 0 Å². The van der Waals surface area contributed by atoms with E-state index in [1.807, 2.05) is 50.5 Å². The molecule has 93 valence electrons. The minimum Gasteiger partial charge on any atom is -0.457 e. The lowest BCUT2D eigenvalue weighted by atomic mass is 9.91. The van der Waals surface area contributed by atoms with Crippen LogP contribution >= 0.6 is 15.9 Å². The molecule has 0 aromatic heterocycles. The molecule has 2 nitrogen and oxygen atoms in total. The Bertz CT molecular complexity index is 430. The van der Waals surface area contributed by atoms with Crippen molar-refractivity contribution in [3.63, 3.8) is 0 Å².